The molecule has 0 unspecified atom stereocenters. The number of rotatable bonds is 5. The predicted octanol–water partition coefficient (Wildman–Crippen LogP) is 1.10. The van der Waals surface area contributed by atoms with E-state index in [0.717, 1.165) is 12.1 Å². The predicted molar refractivity (Wildman–Crippen MR) is 101 cm³/mol. The van der Waals surface area contributed by atoms with Crippen LogP contribution in [0.4, 0.5) is 11.4 Å². The van der Waals surface area contributed by atoms with E-state index < -0.39 is 27.6 Å². The normalized spacial score (nSPS) is 10.6. The minimum atomic E-state index is -0.997. The van der Waals surface area contributed by atoms with Gasteiger partial charge in [0.2, 0.25) is 5.75 Å². The lowest BCUT2D eigenvalue weighted by Crippen LogP contribution is -2.29. The zero-order valence-corrected chi connectivity index (χ0v) is 15.1. The molecule has 4 N–H and O–H groups in total. The van der Waals surface area contributed by atoms with Crippen molar-refractivity contribution < 1.29 is 24.3 Å². The first-order chi connectivity index (χ1) is 13.7. The Morgan fingerprint density at radius 3 is 2.21 bits per heavy atom. The van der Waals surface area contributed by atoms with Gasteiger partial charge in [-0.25, -0.2) is 0 Å². The molecule has 0 aliphatic carbocycles. The fraction of sp³-hybridized carbons (Fsp3) is 0.118. The Labute approximate surface area is 160 Å². The van der Waals surface area contributed by atoms with Crippen molar-refractivity contribution in [1.82, 2.24) is 9.97 Å². The van der Waals surface area contributed by atoms with Crippen molar-refractivity contribution in [3.63, 3.8) is 0 Å². The molecule has 0 saturated carbocycles. The van der Waals surface area contributed by atoms with Crippen molar-refractivity contribution in [3.05, 3.63) is 60.7 Å². The summed E-state index contributed by atoms with van der Waals surface area (Å²) in [6.45, 7) is 0. The van der Waals surface area contributed by atoms with Gasteiger partial charge in [0.1, 0.15) is 0 Å². The number of phenolic OH excluding ortho intramolecular Hbond substituents is 1. The number of ether oxygens (including phenoxy) is 2. The molecule has 0 fully saturated rings. The third-order valence-electron chi connectivity index (χ3n) is 4.02. The molecule has 12 nitrogen and oxygen atoms in total. The highest BCUT2D eigenvalue weighted by Gasteiger charge is 2.19. The quantitative estimate of drug-likeness (QED) is 0.278. The third kappa shape index (κ3) is 3.58. The highest BCUT2D eigenvalue weighted by Crippen LogP contribution is 2.37. The van der Waals surface area contributed by atoms with Gasteiger partial charge in [-0.3, -0.25) is 24.5 Å². The lowest BCUT2D eigenvalue weighted by molar-refractivity contribution is -0.384. The lowest BCUT2D eigenvalue weighted by Gasteiger charge is -2.12. The lowest BCUT2D eigenvalue weighted by atomic mass is 10.1. The summed E-state index contributed by atoms with van der Waals surface area (Å²) in [7, 11) is 2.57. The molecule has 0 aliphatic rings. The number of hydrogen-bond acceptors (Lipinski definition) is 8. The minimum Gasteiger partial charge on any atom is -0.502 e. The molecule has 3 rings (SSSR count). The smallest absolute Gasteiger partial charge is 0.314 e. The molecular formula is C17H14N4O8. The number of fused-ring (bicyclic) bond motifs is 1. The Kier molecular flexibility index (Phi) is 4.92. The van der Waals surface area contributed by atoms with Crippen LogP contribution in [-0.4, -0.2) is 40.1 Å². The van der Waals surface area contributed by atoms with Gasteiger partial charge in [0, 0.05) is 17.7 Å². The number of aromatic nitrogens is 2. The number of nitro groups is 1. The molecule has 2 aromatic carbocycles. The van der Waals surface area contributed by atoms with Crippen molar-refractivity contribution in [2.24, 2.45) is 0 Å². The number of hydrogen-bond donors (Lipinski definition) is 4. The molecule has 1 aromatic heterocycles. The number of aromatic hydroxyl groups is 1. The molecular weight excluding hydrogens is 388 g/mol. The first-order valence-corrected chi connectivity index (χ1v) is 7.96. The number of non-ortho nitro benzene ring substituents is 1. The Morgan fingerprint density at radius 1 is 1.07 bits per heavy atom. The molecule has 0 radical (unpaired) electrons. The molecule has 150 valence electrons. The van der Waals surface area contributed by atoms with E-state index in [1.807, 2.05) is 0 Å². The highest BCUT2D eigenvalue weighted by atomic mass is 16.6. The largest absolute Gasteiger partial charge is 0.502 e. The van der Waals surface area contributed by atoms with Gasteiger partial charge in [-0.2, -0.15) is 0 Å². The fourth-order valence-corrected chi connectivity index (χ4v) is 2.63. The number of anilines is 1. The molecule has 1 heterocycles. The van der Waals surface area contributed by atoms with E-state index in [-0.39, 0.29) is 39.5 Å². The van der Waals surface area contributed by atoms with Gasteiger partial charge in [-0.05, 0) is 12.1 Å². The monoisotopic (exact) mass is 402 g/mol. The number of nitrogens with one attached hydrogen (secondary N) is 3. The summed E-state index contributed by atoms with van der Waals surface area (Å²) in [5, 5.41) is 23.6. The summed E-state index contributed by atoms with van der Waals surface area (Å²) < 4.78 is 9.98. The first-order valence-electron chi connectivity index (χ1n) is 7.96. The minimum absolute atomic E-state index is 0.00271. The van der Waals surface area contributed by atoms with Crippen LogP contribution < -0.4 is 25.9 Å². The summed E-state index contributed by atoms with van der Waals surface area (Å²) in [4.78, 5) is 50.9. The number of nitrogens with zero attached hydrogens (tertiary/aromatic N) is 1. The highest BCUT2D eigenvalue weighted by molar-refractivity contribution is 6.09. The molecule has 3 aromatic rings. The zero-order valence-electron chi connectivity index (χ0n) is 15.1. The van der Waals surface area contributed by atoms with Gasteiger partial charge in [0.25, 0.3) is 11.6 Å². The van der Waals surface area contributed by atoms with Crippen molar-refractivity contribution >= 4 is 28.3 Å². The molecule has 12 heteroatoms. The summed E-state index contributed by atoms with van der Waals surface area (Å²) in [6.07, 6.45) is 0. The molecule has 0 atom stereocenters. The van der Waals surface area contributed by atoms with Gasteiger partial charge in [0.05, 0.1) is 35.9 Å². The van der Waals surface area contributed by atoms with Crippen LogP contribution in [0.1, 0.15) is 10.4 Å². The molecule has 1 amide bonds. The van der Waals surface area contributed by atoms with Crippen LogP contribution in [0.2, 0.25) is 0 Å². The van der Waals surface area contributed by atoms with Crippen LogP contribution in [0, 0.1) is 10.1 Å². The van der Waals surface area contributed by atoms with Crippen LogP contribution in [0.15, 0.2) is 33.9 Å². The van der Waals surface area contributed by atoms with E-state index in [4.69, 9.17) is 9.47 Å². The van der Waals surface area contributed by atoms with Crippen LogP contribution >= 0.6 is 0 Å². The second-order valence-electron chi connectivity index (χ2n) is 5.76. The number of benzene rings is 2. The third-order valence-corrected chi connectivity index (χ3v) is 4.02. The summed E-state index contributed by atoms with van der Waals surface area (Å²) in [5.41, 5.74) is -2.57. The van der Waals surface area contributed by atoms with E-state index in [9.17, 15) is 29.6 Å². The number of carbonyl (C=O) groups excluding carboxylic acids is 1. The second-order valence-corrected chi connectivity index (χ2v) is 5.76. The maximum Gasteiger partial charge on any atom is 0.314 e. The number of amides is 1. The number of H-pyrrole nitrogens is 2. The Hall–Kier alpha value is -4.35. The summed E-state index contributed by atoms with van der Waals surface area (Å²) in [6, 6.07) is 4.55. The Balaban J connectivity index is 2.13. The van der Waals surface area contributed by atoms with Gasteiger partial charge < -0.3 is 29.9 Å². The number of methoxy groups -OCH3 is 2. The number of carbonyl (C=O) groups is 1. The van der Waals surface area contributed by atoms with Crippen molar-refractivity contribution in [2.75, 3.05) is 19.5 Å². The Morgan fingerprint density at radius 2 is 1.66 bits per heavy atom. The van der Waals surface area contributed by atoms with Crippen LogP contribution in [0.25, 0.3) is 11.0 Å². The molecule has 29 heavy (non-hydrogen) atoms. The van der Waals surface area contributed by atoms with E-state index in [1.165, 1.54) is 26.4 Å². The van der Waals surface area contributed by atoms with E-state index in [1.54, 1.807) is 0 Å². The van der Waals surface area contributed by atoms with E-state index in [2.05, 4.69) is 15.3 Å². The van der Waals surface area contributed by atoms with Crippen molar-refractivity contribution in [3.8, 4) is 17.2 Å². The van der Waals surface area contributed by atoms with Crippen LogP contribution in [-0.2, 0) is 0 Å². The number of phenols is 1. The van der Waals surface area contributed by atoms with Gasteiger partial charge in [-0.1, -0.05) is 0 Å². The first kappa shape index (κ1) is 19.4. The molecule has 0 bridgehead atoms. The average Bonchev–Trinajstić information content (AvgIpc) is 2.69. The Bertz CT molecular complexity index is 1240. The maximum atomic E-state index is 12.7. The molecule has 0 saturated heterocycles. The standard InChI is InChI=1S/C17H14N4O8/c1-28-11-3-7(4-12(29-2)14(11)22)15(23)18-9-5-8(21(26)27)6-10-13(9)20-17(25)16(24)19-10/h3-6,22H,1-2H3,(H,18,23)(H,19,24)(H,20,25). The van der Waals surface area contributed by atoms with Gasteiger partial charge in [0.15, 0.2) is 11.5 Å². The number of nitro benzene ring substituents is 1. The zero-order chi connectivity index (χ0) is 21.3. The summed E-state index contributed by atoms with van der Waals surface area (Å²) in [5.74, 6) is -1.11. The topological polar surface area (TPSA) is 177 Å². The van der Waals surface area contributed by atoms with Crippen molar-refractivity contribution in [1.29, 1.82) is 0 Å². The second kappa shape index (κ2) is 7.34. The fourth-order valence-electron chi connectivity index (χ4n) is 2.63. The maximum absolute atomic E-state index is 12.7. The summed E-state index contributed by atoms with van der Waals surface area (Å²) >= 11 is 0. The molecule has 0 spiro atoms. The molecule has 0 aliphatic heterocycles. The SMILES string of the molecule is COc1cc(C(=O)Nc2cc([N+](=O)[O-])cc3[nH]c(=O)c(=O)[nH]c23)cc(OC)c1O. The van der Waals surface area contributed by atoms with Gasteiger partial charge in [-0.15, -0.1) is 0 Å². The van der Waals surface area contributed by atoms with Crippen LogP contribution in [0.3, 0.4) is 0 Å². The number of aromatic amines is 2. The van der Waals surface area contributed by atoms with Crippen molar-refractivity contribution in [2.45, 2.75) is 0 Å². The van der Waals surface area contributed by atoms with Crippen LogP contribution in [0.5, 0.6) is 17.2 Å². The average molecular weight is 402 g/mol. The van der Waals surface area contributed by atoms with Gasteiger partial charge >= 0.3 is 11.1 Å². The van der Waals surface area contributed by atoms with E-state index in [0.29, 0.717) is 0 Å². The van der Waals surface area contributed by atoms with E-state index >= 15 is 0 Å².